The number of amides is 1. The molecule has 0 saturated carbocycles. The Kier molecular flexibility index (Phi) is 7.19. The second-order valence-corrected chi connectivity index (χ2v) is 7.35. The lowest BCUT2D eigenvalue weighted by Gasteiger charge is -2.32. The van der Waals surface area contributed by atoms with E-state index >= 15 is 0 Å². The summed E-state index contributed by atoms with van der Waals surface area (Å²) in [6.07, 6.45) is 4.14. The molecule has 0 radical (unpaired) electrons. The summed E-state index contributed by atoms with van der Waals surface area (Å²) in [7, 11) is 0. The highest BCUT2D eigenvalue weighted by Crippen LogP contribution is 2.25. The number of likely N-dealkylation sites (tertiary alicyclic amines) is 1. The van der Waals surface area contributed by atoms with Crippen molar-refractivity contribution in [3.8, 4) is 0 Å². The number of hydrogen-bond donors (Lipinski definition) is 1. The largest absolute Gasteiger partial charge is 0.353 e. The number of hydrogen-bond acceptors (Lipinski definition) is 2. The summed E-state index contributed by atoms with van der Waals surface area (Å²) >= 11 is 12.2. The maximum atomic E-state index is 12.4. The van der Waals surface area contributed by atoms with E-state index in [4.69, 9.17) is 23.2 Å². The quantitative estimate of drug-likeness (QED) is 0.812. The number of halogens is 2. The predicted octanol–water partition coefficient (Wildman–Crippen LogP) is 4.51. The summed E-state index contributed by atoms with van der Waals surface area (Å²) in [6.45, 7) is 6.79. The van der Waals surface area contributed by atoms with E-state index in [9.17, 15) is 4.79 Å². The third kappa shape index (κ3) is 5.66. The zero-order valence-corrected chi connectivity index (χ0v) is 15.5. The fraction of sp³-hybridized carbons (Fsp3) is 0.611. The number of nitrogens with one attached hydrogen (secondary N) is 1. The minimum absolute atomic E-state index is 0.0779. The molecule has 1 N–H and O–H groups in total. The molecule has 3 nitrogen and oxygen atoms in total. The zero-order valence-electron chi connectivity index (χ0n) is 13.9. The highest BCUT2D eigenvalue weighted by Gasteiger charge is 2.26. The Bertz CT molecular complexity index is 536. The summed E-state index contributed by atoms with van der Waals surface area (Å²) in [4.78, 5) is 14.7. The number of piperidine rings is 1. The lowest BCUT2D eigenvalue weighted by molar-refractivity contribution is -0.127. The number of carbonyl (C=O) groups is 1. The molecule has 1 aliphatic heterocycles. The van der Waals surface area contributed by atoms with Crippen LogP contribution >= 0.6 is 23.2 Å². The average molecular weight is 357 g/mol. The normalized spacial score (nSPS) is 20.3. The van der Waals surface area contributed by atoms with E-state index in [1.54, 1.807) is 6.07 Å². The van der Waals surface area contributed by atoms with Gasteiger partial charge in [0.2, 0.25) is 5.91 Å². The lowest BCUT2D eigenvalue weighted by Crippen LogP contribution is -2.45. The van der Waals surface area contributed by atoms with E-state index in [-0.39, 0.29) is 17.9 Å². The molecule has 2 atom stereocenters. The van der Waals surface area contributed by atoms with Gasteiger partial charge in [-0.05, 0) is 50.4 Å². The van der Waals surface area contributed by atoms with Crippen molar-refractivity contribution < 1.29 is 4.79 Å². The van der Waals surface area contributed by atoms with Gasteiger partial charge >= 0.3 is 0 Å². The second kappa shape index (κ2) is 8.91. The summed E-state index contributed by atoms with van der Waals surface area (Å²) in [5, 5.41) is 4.49. The Balaban J connectivity index is 1.91. The van der Waals surface area contributed by atoms with E-state index < -0.39 is 0 Å². The minimum atomic E-state index is 0.0779. The summed E-state index contributed by atoms with van der Waals surface area (Å²) in [5.74, 6) is 0.270. The Morgan fingerprint density at radius 1 is 1.43 bits per heavy atom. The molecule has 1 saturated heterocycles. The first-order valence-electron chi connectivity index (χ1n) is 8.46. The smallest absolute Gasteiger partial charge is 0.224 e. The topological polar surface area (TPSA) is 32.3 Å². The van der Waals surface area contributed by atoms with Gasteiger partial charge in [-0.15, -0.1) is 0 Å². The van der Waals surface area contributed by atoms with E-state index in [1.807, 2.05) is 12.1 Å². The van der Waals surface area contributed by atoms with Crippen molar-refractivity contribution in [2.24, 2.45) is 5.92 Å². The van der Waals surface area contributed by atoms with E-state index in [0.29, 0.717) is 10.0 Å². The Hall–Kier alpha value is -0.770. The molecule has 2 rings (SSSR count). The van der Waals surface area contributed by atoms with Gasteiger partial charge in [-0.25, -0.2) is 0 Å². The molecule has 1 aliphatic rings. The van der Waals surface area contributed by atoms with Gasteiger partial charge in [0.25, 0.3) is 0 Å². The van der Waals surface area contributed by atoms with Crippen LogP contribution in [0.25, 0.3) is 0 Å². The fourth-order valence-electron chi connectivity index (χ4n) is 3.17. The molecule has 0 aromatic heterocycles. The SMILES string of the molecule is CCC[C@@H](C)NC(=O)[C@H]1CCCN(Cc2ccc(Cl)cc2Cl)C1. The maximum Gasteiger partial charge on any atom is 0.224 e. The van der Waals surface area contributed by atoms with Gasteiger partial charge in [0.15, 0.2) is 0 Å². The fourth-order valence-corrected chi connectivity index (χ4v) is 3.64. The molecular weight excluding hydrogens is 331 g/mol. The van der Waals surface area contributed by atoms with Crippen molar-refractivity contribution in [2.45, 2.75) is 52.1 Å². The van der Waals surface area contributed by atoms with Gasteiger partial charge < -0.3 is 5.32 Å². The molecule has 0 unspecified atom stereocenters. The van der Waals surface area contributed by atoms with Gasteiger partial charge in [0.1, 0.15) is 0 Å². The molecule has 0 aliphatic carbocycles. The minimum Gasteiger partial charge on any atom is -0.353 e. The van der Waals surface area contributed by atoms with Crippen molar-refractivity contribution in [1.29, 1.82) is 0 Å². The molecule has 128 valence electrons. The molecule has 1 fully saturated rings. The number of benzene rings is 1. The van der Waals surface area contributed by atoms with Crippen LogP contribution in [-0.4, -0.2) is 29.9 Å². The maximum absolute atomic E-state index is 12.4. The van der Waals surface area contributed by atoms with Crippen LogP contribution in [0.5, 0.6) is 0 Å². The zero-order chi connectivity index (χ0) is 16.8. The van der Waals surface area contributed by atoms with Crippen molar-refractivity contribution >= 4 is 29.1 Å². The first-order chi connectivity index (χ1) is 11.0. The molecule has 1 aromatic rings. The second-order valence-electron chi connectivity index (χ2n) is 6.51. The third-order valence-electron chi connectivity index (χ3n) is 4.40. The first-order valence-corrected chi connectivity index (χ1v) is 9.21. The number of carbonyl (C=O) groups excluding carboxylic acids is 1. The third-order valence-corrected chi connectivity index (χ3v) is 4.98. The molecule has 1 heterocycles. The van der Waals surface area contributed by atoms with Gasteiger partial charge in [0.05, 0.1) is 5.92 Å². The monoisotopic (exact) mass is 356 g/mol. The van der Waals surface area contributed by atoms with Crippen molar-refractivity contribution in [2.75, 3.05) is 13.1 Å². The van der Waals surface area contributed by atoms with E-state index in [0.717, 1.165) is 50.9 Å². The van der Waals surface area contributed by atoms with Crippen LogP contribution in [-0.2, 0) is 11.3 Å². The molecule has 0 spiro atoms. The van der Waals surface area contributed by atoms with Crippen LogP contribution in [0, 0.1) is 5.92 Å². The molecule has 23 heavy (non-hydrogen) atoms. The highest BCUT2D eigenvalue weighted by molar-refractivity contribution is 6.35. The molecule has 1 aromatic carbocycles. The number of rotatable bonds is 6. The van der Waals surface area contributed by atoms with Crippen LogP contribution < -0.4 is 5.32 Å². The summed E-state index contributed by atoms with van der Waals surface area (Å²) in [6, 6.07) is 5.87. The molecule has 1 amide bonds. The summed E-state index contributed by atoms with van der Waals surface area (Å²) in [5.41, 5.74) is 1.07. The van der Waals surface area contributed by atoms with Gasteiger partial charge in [-0.3, -0.25) is 9.69 Å². The van der Waals surface area contributed by atoms with Gasteiger partial charge in [-0.2, -0.15) is 0 Å². The van der Waals surface area contributed by atoms with E-state index in [2.05, 4.69) is 24.1 Å². The van der Waals surface area contributed by atoms with Gasteiger partial charge in [0, 0.05) is 29.2 Å². The van der Waals surface area contributed by atoms with Crippen LogP contribution in [0.3, 0.4) is 0 Å². The van der Waals surface area contributed by atoms with Crippen molar-refractivity contribution in [3.63, 3.8) is 0 Å². The van der Waals surface area contributed by atoms with Crippen molar-refractivity contribution in [1.82, 2.24) is 10.2 Å². The van der Waals surface area contributed by atoms with E-state index in [1.165, 1.54) is 0 Å². The van der Waals surface area contributed by atoms with Crippen LogP contribution in [0.2, 0.25) is 10.0 Å². The Morgan fingerprint density at radius 3 is 2.91 bits per heavy atom. The first kappa shape index (κ1) is 18.6. The highest BCUT2D eigenvalue weighted by atomic mass is 35.5. The van der Waals surface area contributed by atoms with Crippen LogP contribution in [0.4, 0.5) is 0 Å². The molecule has 0 bridgehead atoms. The average Bonchev–Trinajstić information content (AvgIpc) is 2.50. The standard InChI is InChI=1S/C18H26Cl2N2O/c1-3-5-13(2)21-18(23)15-6-4-9-22(12-15)11-14-7-8-16(19)10-17(14)20/h7-8,10,13,15H,3-6,9,11-12H2,1-2H3,(H,21,23)/t13-,15+/m1/s1. The van der Waals surface area contributed by atoms with Crippen molar-refractivity contribution in [3.05, 3.63) is 33.8 Å². The van der Waals surface area contributed by atoms with Gasteiger partial charge in [-0.1, -0.05) is 42.6 Å². The lowest BCUT2D eigenvalue weighted by atomic mass is 9.96. The number of nitrogens with zero attached hydrogens (tertiary/aromatic N) is 1. The van der Waals surface area contributed by atoms with Crippen LogP contribution in [0.1, 0.15) is 45.1 Å². The Morgan fingerprint density at radius 2 is 2.22 bits per heavy atom. The predicted molar refractivity (Wildman–Crippen MR) is 97.0 cm³/mol. The summed E-state index contributed by atoms with van der Waals surface area (Å²) < 4.78 is 0. The Labute approximate surface area is 149 Å². The van der Waals surface area contributed by atoms with Crippen LogP contribution in [0.15, 0.2) is 18.2 Å². The molecular formula is C18H26Cl2N2O. The molecule has 5 heteroatoms.